The summed E-state index contributed by atoms with van der Waals surface area (Å²) in [5, 5.41) is 10.6. The fourth-order valence-electron chi connectivity index (χ4n) is 3.95. The number of esters is 1. The summed E-state index contributed by atoms with van der Waals surface area (Å²) in [6.07, 6.45) is 3.12. The van der Waals surface area contributed by atoms with Gasteiger partial charge in [0.05, 0.1) is 17.0 Å². The van der Waals surface area contributed by atoms with Crippen LogP contribution in [0.3, 0.4) is 0 Å². The summed E-state index contributed by atoms with van der Waals surface area (Å²) in [6, 6.07) is 18.7. The van der Waals surface area contributed by atoms with Crippen LogP contribution in [-0.4, -0.2) is 18.1 Å². The molecule has 1 heterocycles. The van der Waals surface area contributed by atoms with Crippen LogP contribution >= 0.6 is 11.3 Å². The number of ether oxygens (including phenoxy) is 1. The first-order valence-electron chi connectivity index (χ1n) is 11.2. The number of carbonyl (C=O) groups excluding carboxylic acids is 1. The van der Waals surface area contributed by atoms with E-state index in [0.29, 0.717) is 24.9 Å². The van der Waals surface area contributed by atoms with Gasteiger partial charge in [-0.05, 0) is 75.6 Å². The number of carbonyl (C=O) groups is 1. The molecule has 1 unspecified atom stereocenters. The van der Waals surface area contributed by atoms with Crippen LogP contribution < -0.4 is 5.73 Å². The van der Waals surface area contributed by atoms with Crippen molar-refractivity contribution in [3.63, 3.8) is 0 Å². The summed E-state index contributed by atoms with van der Waals surface area (Å²) < 4.78 is 6.87. The van der Waals surface area contributed by atoms with Crippen molar-refractivity contribution in [2.45, 2.75) is 59.0 Å². The van der Waals surface area contributed by atoms with E-state index in [1.807, 2.05) is 52.0 Å². The van der Waals surface area contributed by atoms with Gasteiger partial charge in [0, 0.05) is 21.7 Å². The molecule has 2 aromatic carbocycles. The van der Waals surface area contributed by atoms with Gasteiger partial charge in [-0.3, -0.25) is 4.79 Å². The molecule has 0 fully saturated rings. The Bertz CT molecular complexity index is 1130. The van der Waals surface area contributed by atoms with E-state index in [1.54, 1.807) is 11.3 Å². The number of nitrogens with zero attached hydrogens (tertiary/aromatic N) is 1. The molecule has 1 atom stereocenters. The first kappa shape index (κ1) is 24.0. The molecule has 0 saturated carbocycles. The fraction of sp³-hybridized carbons (Fsp3) is 0.407. The summed E-state index contributed by atoms with van der Waals surface area (Å²) in [7, 11) is 0. The zero-order valence-corrected chi connectivity index (χ0v) is 20.2. The monoisotopic (exact) mass is 448 g/mol. The second-order valence-corrected chi connectivity index (χ2v) is 10.4. The summed E-state index contributed by atoms with van der Waals surface area (Å²) in [4.78, 5) is 13.9. The van der Waals surface area contributed by atoms with E-state index in [1.165, 1.54) is 15.6 Å². The highest BCUT2D eigenvalue weighted by molar-refractivity contribution is 7.22. The van der Waals surface area contributed by atoms with Crippen molar-refractivity contribution in [1.29, 1.82) is 5.26 Å². The average Bonchev–Trinajstić information content (AvgIpc) is 3.19. The lowest BCUT2D eigenvalue weighted by Gasteiger charge is -2.32. The molecule has 0 spiro atoms. The number of rotatable bonds is 8. The largest absolute Gasteiger partial charge is 0.460 e. The molecular weight excluding hydrogens is 416 g/mol. The Morgan fingerprint density at radius 2 is 1.91 bits per heavy atom. The summed E-state index contributed by atoms with van der Waals surface area (Å²) in [5.74, 6) is -0.191. The number of nitrogens with two attached hydrogens (primary N) is 1. The van der Waals surface area contributed by atoms with Crippen molar-refractivity contribution < 1.29 is 9.53 Å². The number of nitriles is 1. The maximum atomic E-state index is 12.8. The van der Waals surface area contributed by atoms with Crippen LogP contribution in [0.5, 0.6) is 0 Å². The first-order chi connectivity index (χ1) is 15.2. The van der Waals surface area contributed by atoms with E-state index >= 15 is 0 Å². The molecule has 0 aliphatic rings. The van der Waals surface area contributed by atoms with E-state index in [4.69, 9.17) is 10.5 Å². The van der Waals surface area contributed by atoms with E-state index in [0.717, 1.165) is 23.3 Å². The van der Waals surface area contributed by atoms with Gasteiger partial charge < -0.3 is 10.5 Å². The third-order valence-corrected chi connectivity index (χ3v) is 7.06. The number of aryl methyl sites for hydroxylation is 1. The highest BCUT2D eigenvalue weighted by atomic mass is 32.1. The molecule has 4 nitrogen and oxygen atoms in total. The van der Waals surface area contributed by atoms with Crippen molar-refractivity contribution in [1.82, 2.24) is 0 Å². The average molecular weight is 449 g/mol. The smallest absolute Gasteiger partial charge is 0.313 e. The van der Waals surface area contributed by atoms with Crippen molar-refractivity contribution in [3.05, 3.63) is 59.7 Å². The molecule has 0 amide bonds. The van der Waals surface area contributed by atoms with Crippen molar-refractivity contribution in [2.75, 3.05) is 6.54 Å². The minimum Gasteiger partial charge on any atom is -0.460 e. The maximum Gasteiger partial charge on any atom is 0.313 e. The predicted molar refractivity (Wildman–Crippen MR) is 133 cm³/mol. The van der Waals surface area contributed by atoms with Crippen LogP contribution in [0.2, 0.25) is 0 Å². The lowest BCUT2D eigenvalue weighted by atomic mass is 9.79. The molecule has 168 valence electrons. The van der Waals surface area contributed by atoms with Crippen LogP contribution in [0.15, 0.2) is 48.5 Å². The molecule has 0 aliphatic carbocycles. The van der Waals surface area contributed by atoms with Crippen molar-refractivity contribution in [2.24, 2.45) is 11.1 Å². The van der Waals surface area contributed by atoms with Gasteiger partial charge in [0.2, 0.25) is 0 Å². The third kappa shape index (κ3) is 5.38. The molecule has 3 aromatic rings. The molecule has 0 radical (unpaired) electrons. The minimum absolute atomic E-state index is 0.191. The van der Waals surface area contributed by atoms with Gasteiger partial charge in [-0.15, -0.1) is 11.3 Å². The Morgan fingerprint density at radius 1 is 1.16 bits per heavy atom. The molecule has 0 aliphatic heterocycles. The Kier molecular flexibility index (Phi) is 7.38. The highest BCUT2D eigenvalue weighted by Crippen LogP contribution is 2.36. The lowest BCUT2D eigenvalue weighted by Crippen LogP contribution is -2.42. The van der Waals surface area contributed by atoms with Gasteiger partial charge in [0.15, 0.2) is 0 Å². The van der Waals surface area contributed by atoms with E-state index in [9.17, 15) is 10.1 Å². The molecule has 2 N–H and O–H groups in total. The number of fused-ring (bicyclic) bond motifs is 1. The molecule has 1 aromatic heterocycles. The molecule has 0 saturated heterocycles. The van der Waals surface area contributed by atoms with Gasteiger partial charge in [0.25, 0.3) is 0 Å². The SMILES string of the molecule is CCC(CN)(CCCc1ccc2sc(-c3ccccc3C#N)cc2c1)C(=O)OC(C)(C)C. The standard InChI is InChI=1S/C27H32N2O2S/c1-5-27(18-29,25(30)31-26(2,3)4)14-8-9-19-12-13-23-21(15-19)16-24(32-23)22-11-7-6-10-20(22)17-28/h6-7,10-13,15-16H,5,8-9,14,18,29H2,1-4H3. The van der Waals surface area contributed by atoms with Crippen LogP contribution in [-0.2, 0) is 16.0 Å². The van der Waals surface area contributed by atoms with Crippen LogP contribution in [0.25, 0.3) is 20.5 Å². The Balaban J connectivity index is 1.74. The lowest BCUT2D eigenvalue weighted by molar-refractivity contribution is -0.168. The fourth-order valence-corrected chi connectivity index (χ4v) is 5.03. The normalized spacial score (nSPS) is 13.5. The van der Waals surface area contributed by atoms with Gasteiger partial charge >= 0.3 is 5.97 Å². The topological polar surface area (TPSA) is 76.1 Å². The number of hydrogen-bond donors (Lipinski definition) is 1. The number of benzene rings is 2. The molecule has 32 heavy (non-hydrogen) atoms. The van der Waals surface area contributed by atoms with E-state index in [-0.39, 0.29) is 5.97 Å². The highest BCUT2D eigenvalue weighted by Gasteiger charge is 2.38. The van der Waals surface area contributed by atoms with Crippen molar-refractivity contribution in [3.8, 4) is 16.5 Å². The Hall–Kier alpha value is -2.68. The van der Waals surface area contributed by atoms with Crippen molar-refractivity contribution >= 4 is 27.4 Å². The van der Waals surface area contributed by atoms with Gasteiger partial charge in [-0.25, -0.2) is 0 Å². The molecule has 3 rings (SSSR count). The molecule has 0 bridgehead atoms. The first-order valence-corrected chi connectivity index (χ1v) is 12.0. The number of thiophene rings is 1. The Labute approximate surface area is 195 Å². The second kappa shape index (κ2) is 9.85. The predicted octanol–water partition coefficient (Wildman–Crippen LogP) is 6.46. The van der Waals surface area contributed by atoms with Gasteiger partial charge in [0.1, 0.15) is 5.60 Å². The van der Waals surface area contributed by atoms with E-state index < -0.39 is 11.0 Å². The maximum absolute atomic E-state index is 12.8. The molecule has 5 heteroatoms. The van der Waals surface area contributed by atoms with Gasteiger partial charge in [-0.1, -0.05) is 37.3 Å². The van der Waals surface area contributed by atoms with Gasteiger partial charge in [-0.2, -0.15) is 5.26 Å². The third-order valence-electron chi connectivity index (χ3n) is 5.91. The zero-order valence-electron chi connectivity index (χ0n) is 19.4. The number of hydrogen-bond acceptors (Lipinski definition) is 5. The van der Waals surface area contributed by atoms with Crippen LogP contribution in [0.1, 0.15) is 58.1 Å². The summed E-state index contributed by atoms with van der Waals surface area (Å²) >= 11 is 1.70. The quantitative estimate of drug-likeness (QED) is 0.401. The summed E-state index contributed by atoms with van der Waals surface area (Å²) in [5.41, 5.74) is 7.81. The van der Waals surface area contributed by atoms with E-state index in [2.05, 4.69) is 30.3 Å². The second-order valence-electron chi connectivity index (χ2n) is 9.33. The van der Waals surface area contributed by atoms with Crippen LogP contribution in [0.4, 0.5) is 0 Å². The zero-order chi connectivity index (χ0) is 23.4. The van der Waals surface area contributed by atoms with Crippen LogP contribution in [0, 0.1) is 16.7 Å². The molecular formula is C27H32N2O2S. The summed E-state index contributed by atoms with van der Waals surface area (Å²) in [6.45, 7) is 7.97. The minimum atomic E-state index is -0.631. The Morgan fingerprint density at radius 3 is 2.56 bits per heavy atom.